The van der Waals surface area contributed by atoms with Gasteiger partial charge < -0.3 is 10.6 Å². The van der Waals surface area contributed by atoms with Gasteiger partial charge in [0.15, 0.2) is 5.96 Å². The van der Waals surface area contributed by atoms with Crippen LogP contribution >= 0.6 is 0 Å². The molecule has 1 aliphatic carbocycles. The minimum atomic E-state index is -2.95. The van der Waals surface area contributed by atoms with Crippen molar-refractivity contribution >= 4 is 15.8 Å². The second-order valence-corrected chi connectivity index (χ2v) is 7.74. The van der Waals surface area contributed by atoms with E-state index in [0.717, 1.165) is 19.3 Å². The fourth-order valence-electron chi connectivity index (χ4n) is 2.56. The number of benzene rings is 1. The smallest absolute Gasteiger partial charge is 0.191 e. The van der Waals surface area contributed by atoms with Gasteiger partial charge >= 0.3 is 0 Å². The second kappa shape index (κ2) is 6.93. The molecule has 0 saturated heterocycles. The number of nitrogens with zero attached hydrogens (tertiary/aromatic N) is 1. The molecule has 1 aliphatic rings. The van der Waals surface area contributed by atoms with Gasteiger partial charge in [0.1, 0.15) is 9.84 Å². The van der Waals surface area contributed by atoms with E-state index in [4.69, 9.17) is 0 Å². The third-order valence-electron chi connectivity index (χ3n) is 3.68. The molecule has 0 spiro atoms. The summed E-state index contributed by atoms with van der Waals surface area (Å²) in [6.45, 7) is 0.377. The van der Waals surface area contributed by atoms with Crippen molar-refractivity contribution in [1.82, 2.24) is 10.6 Å². The predicted octanol–water partition coefficient (Wildman–Crippen LogP) is 0.754. The molecule has 0 aromatic heterocycles. The summed E-state index contributed by atoms with van der Waals surface area (Å²) in [5.74, 6) is 0.782. The molecular formula is C15H23N3O2S. The number of aryl methyl sites for hydroxylation is 1. The number of hydrogen-bond acceptors (Lipinski definition) is 3. The molecule has 0 amide bonds. The quantitative estimate of drug-likeness (QED) is 0.636. The van der Waals surface area contributed by atoms with Crippen LogP contribution in [0.1, 0.15) is 17.5 Å². The zero-order chi connectivity index (χ0) is 15.3. The van der Waals surface area contributed by atoms with Crippen molar-refractivity contribution in [1.29, 1.82) is 0 Å². The number of rotatable bonds is 4. The molecule has 0 saturated carbocycles. The maximum absolute atomic E-state index is 11.1. The van der Waals surface area contributed by atoms with E-state index < -0.39 is 9.84 Å². The minimum Gasteiger partial charge on any atom is -0.355 e. The van der Waals surface area contributed by atoms with Gasteiger partial charge in [-0.2, -0.15) is 0 Å². The molecule has 0 bridgehead atoms. The molecule has 1 aromatic carbocycles. The molecule has 116 valence electrons. The Morgan fingerprint density at radius 2 is 2.05 bits per heavy atom. The van der Waals surface area contributed by atoms with Crippen LogP contribution < -0.4 is 10.6 Å². The third kappa shape index (κ3) is 5.04. The molecular weight excluding hydrogens is 286 g/mol. The van der Waals surface area contributed by atoms with E-state index in [1.54, 1.807) is 7.05 Å². The normalized spacial score (nSPS) is 19.0. The molecule has 0 radical (unpaired) electrons. The third-order valence-corrected chi connectivity index (χ3v) is 4.62. The highest BCUT2D eigenvalue weighted by atomic mass is 32.2. The molecule has 1 aromatic rings. The van der Waals surface area contributed by atoms with Crippen LogP contribution in [0.15, 0.2) is 29.3 Å². The predicted molar refractivity (Wildman–Crippen MR) is 86.5 cm³/mol. The molecule has 2 N–H and O–H groups in total. The van der Waals surface area contributed by atoms with Gasteiger partial charge in [-0.15, -0.1) is 0 Å². The largest absolute Gasteiger partial charge is 0.355 e. The van der Waals surface area contributed by atoms with E-state index in [-0.39, 0.29) is 5.75 Å². The first-order chi connectivity index (χ1) is 9.98. The van der Waals surface area contributed by atoms with Crippen LogP contribution in [0.4, 0.5) is 0 Å². The second-order valence-electron chi connectivity index (χ2n) is 5.48. The molecule has 6 heteroatoms. The number of aliphatic imine (C=N–C) groups is 1. The van der Waals surface area contributed by atoms with Crippen LogP contribution in [-0.4, -0.2) is 46.0 Å². The standard InChI is InChI=1S/C15H23N3O2S/c1-16-15(17-9-10-21(2,19)20)18-14-8-7-12-5-3-4-6-13(12)11-14/h3-6,14H,7-11H2,1-2H3,(H2,16,17,18). The summed E-state index contributed by atoms with van der Waals surface area (Å²) < 4.78 is 22.3. The van der Waals surface area contributed by atoms with Gasteiger partial charge in [-0.05, 0) is 30.4 Å². The van der Waals surface area contributed by atoms with Crippen LogP contribution in [0.2, 0.25) is 0 Å². The Morgan fingerprint density at radius 3 is 2.71 bits per heavy atom. The Labute approximate surface area is 126 Å². The zero-order valence-corrected chi connectivity index (χ0v) is 13.4. The molecule has 5 nitrogen and oxygen atoms in total. The Balaban J connectivity index is 1.86. The topological polar surface area (TPSA) is 70.6 Å². The van der Waals surface area contributed by atoms with Crippen molar-refractivity contribution in [3.05, 3.63) is 35.4 Å². The van der Waals surface area contributed by atoms with E-state index in [0.29, 0.717) is 18.5 Å². The van der Waals surface area contributed by atoms with Gasteiger partial charge in [0, 0.05) is 25.9 Å². The van der Waals surface area contributed by atoms with Crippen molar-refractivity contribution in [2.45, 2.75) is 25.3 Å². The van der Waals surface area contributed by atoms with Gasteiger partial charge in [0.2, 0.25) is 0 Å². The van der Waals surface area contributed by atoms with Gasteiger partial charge in [-0.3, -0.25) is 4.99 Å². The van der Waals surface area contributed by atoms with Crippen LogP contribution in [0.25, 0.3) is 0 Å². The van der Waals surface area contributed by atoms with Gasteiger partial charge in [-0.1, -0.05) is 24.3 Å². The van der Waals surface area contributed by atoms with Crippen LogP contribution in [-0.2, 0) is 22.7 Å². The average molecular weight is 309 g/mol. The Hall–Kier alpha value is -1.56. The van der Waals surface area contributed by atoms with E-state index in [1.165, 1.54) is 17.4 Å². The Kier molecular flexibility index (Phi) is 5.22. The van der Waals surface area contributed by atoms with Crippen LogP contribution in [0, 0.1) is 0 Å². The number of sulfone groups is 1. The number of hydrogen-bond donors (Lipinski definition) is 2. The summed E-state index contributed by atoms with van der Waals surface area (Å²) in [6.07, 6.45) is 4.34. The summed E-state index contributed by atoms with van der Waals surface area (Å²) >= 11 is 0. The minimum absolute atomic E-state index is 0.112. The first kappa shape index (κ1) is 15.8. The van der Waals surface area contributed by atoms with E-state index >= 15 is 0 Å². The number of nitrogens with one attached hydrogen (secondary N) is 2. The lowest BCUT2D eigenvalue weighted by atomic mass is 9.88. The molecule has 1 unspecified atom stereocenters. The molecule has 0 heterocycles. The summed E-state index contributed by atoms with van der Waals surface area (Å²) in [6, 6.07) is 8.84. The molecule has 1 atom stereocenters. The summed E-state index contributed by atoms with van der Waals surface area (Å²) in [5, 5.41) is 6.43. The number of guanidine groups is 1. The Morgan fingerprint density at radius 1 is 1.33 bits per heavy atom. The van der Waals surface area contributed by atoms with Crippen molar-refractivity contribution in [2.24, 2.45) is 4.99 Å². The first-order valence-electron chi connectivity index (χ1n) is 7.19. The lowest BCUT2D eigenvalue weighted by Gasteiger charge is -2.27. The monoisotopic (exact) mass is 309 g/mol. The highest BCUT2D eigenvalue weighted by Gasteiger charge is 2.18. The summed E-state index contributed by atoms with van der Waals surface area (Å²) in [5.41, 5.74) is 2.81. The van der Waals surface area contributed by atoms with Gasteiger partial charge in [0.05, 0.1) is 5.75 Å². The molecule has 0 aliphatic heterocycles. The Bertz CT molecular complexity index is 611. The van der Waals surface area contributed by atoms with Crippen molar-refractivity contribution in [3.8, 4) is 0 Å². The van der Waals surface area contributed by atoms with Crippen molar-refractivity contribution in [3.63, 3.8) is 0 Å². The lowest BCUT2D eigenvalue weighted by molar-refractivity contribution is 0.521. The first-order valence-corrected chi connectivity index (χ1v) is 9.25. The van der Waals surface area contributed by atoms with Crippen LogP contribution in [0.5, 0.6) is 0 Å². The fraction of sp³-hybridized carbons (Fsp3) is 0.533. The SMILES string of the molecule is CN=C(NCCS(C)(=O)=O)NC1CCc2ccccc2C1. The van der Waals surface area contributed by atoms with Crippen molar-refractivity contribution < 1.29 is 8.42 Å². The fourth-order valence-corrected chi connectivity index (χ4v) is 3.04. The highest BCUT2D eigenvalue weighted by Crippen LogP contribution is 2.20. The van der Waals surface area contributed by atoms with Crippen LogP contribution in [0.3, 0.4) is 0 Å². The lowest BCUT2D eigenvalue weighted by Crippen LogP contribution is -2.46. The summed E-state index contributed by atoms with van der Waals surface area (Å²) in [4.78, 5) is 4.16. The van der Waals surface area contributed by atoms with E-state index in [1.807, 2.05) is 0 Å². The highest BCUT2D eigenvalue weighted by molar-refractivity contribution is 7.90. The molecule has 2 rings (SSSR count). The van der Waals surface area contributed by atoms with Gasteiger partial charge in [-0.25, -0.2) is 8.42 Å². The summed E-state index contributed by atoms with van der Waals surface area (Å²) in [7, 11) is -1.25. The van der Waals surface area contributed by atoms with E-state index in [9.17, 15) is 8.42 Å². The molecule has 21 heavy (non-hydrogen) atoms. The van der Waals surface area contributed by atoms with Crippen molar-refractivity contribution in [2.75, 3.05) is 25.6 Å². The van der Waals surface area contributed by atoms with E-state index in [2.05, 4.69) is 39.9 Å². The maximum Gasteiger partial charge on any atom is 0.191 e. The zero-order valence-electron chi connectivity index (χ0n) is 12.6. The average Bonchev–Trinajstić information content (AvgIpc) is 2.45. The van der Waals surface area contributed by atoms with Gasteiger partial charge in [0.25, 0.3) is 0 Å². The maximum atomic E-state index is 11.1. The molecule has 0 fully saturated rings. The number of fused-ring (bicyclic) bond motifs is 1.